The molecule has 2 unspecified atom stereocenters. The maximum atomic E-state index is 12.0. The molecular weight excluding hydrogens is 292 g/mol. The number of nitrogens with one attached hydrogen (secondary N) is 1. The quantitative estimate of drug-likeness (QED) is 0.848. The summed E-state index contributed by atoms with van der Waals surface area (Å²) in [6.45, 7) is 4.45. The molecule has 1 amide bonds. The predicted molar refractivity (Wildman–Crippen MR) is 78.2 cm³/mol. The Hall–Kier alpha value is -0.870. The van der Waals surface area contributed by atoms with Crippen molar-refractivity contribution in [3.05, 3.63) is 34.3 Å². The lowest BCUT2D eigenvalue weighted by Gasteiger charge is -2.21. The van der Waals surface area contributed by atoms with Gasteiger partial charge in [-0.05, 0) is 30.5 Å². The second kappa shape index (κ2) is 7.54. The molecule has 1 aromatic rings. The number of hydrogen-bond acceptors (Lipinski definition) is 2. The van der Waals surface area contributed by atoms with Gasteiger partial charge < -0.3 is 11.1 Å². The van der Waals surface area contributed by atoms with Crippen molar-refractivity contribution >= 4 is 21.8 Å². The number of nitrogens with two attached hydrogens (primary N) is 1. The molecule has 0 saturated carbocycles. The van der Waals surface area contributed by atoms with Crippen LogP contribution in [0.3, 0.4) is 0 Å². The predicted octanol–water partition coefficient (Wildman–Crippen LogP) is 3.00. The smallest absolute Gasteiger partial charge is 0.224 e. The maximum absolute atomic E-state index is 12.0. The first-order valence-corrected chi connectivity index (χ1v) is 7.17. The van der Waals surface area contributed by atoms with Crippen molar-refractivity contribution in [2.75, 3.05) is 6.54 Å². The summed E-state index contributed by atoms with van der Waals surface area (Å²) < 4.78 is 1.04. The van der Waals surface area contributed by atoms with E-state index in [1.807, 2.05) is 31.2 Å². The summed E-state index contributed by atoms with van der Waals surface area (Å²) in [6.07, 6.45) is 1.65. The molecule has 1 aromatic carbocycles. The number of amides is 1. The van der Waals surface area contributed by atoms with Crippen molar-refractivity contribution < 1.29 is 4.79 Å². The molecule has 2 atom stereocenters. The fraction of sp³-hybridized carbons (Fsp3) is 0.500. The van der Waals surface area contributed by atoms with Crippen LogP contribution >= 0.6 is 15.9 Å². The van der Waals surface area contributed by atoms with Gasteiger partial charge in [0.2, 0.25) is 5.91 Å². The minimum atomic E-state index is -0.0884. The summed E-state index contributed by atoms with van der Waals surface area (Å²) in [5.74, 6) is -0.0377. The zero-order chi connectivity index (χ0) is 13.5. The zero-order valence-electron chi connectivity index (χ0n) is 10.9. The molecule has 3 nitrogen and oxygen atoms in total. The Balaban J connectivity index is 2.73. The van der Waals surface area contributed by atoms with Crippen LogP contribution in [0.5, 0.6) is 0 Å². The van der Waals surface area contributed by atoms with Crippen LogP contribution < -0.4 is 11.1 Å². The topological polar surface area (TPSA) is 55.1 Å². The first kappa shape index (κ1) is 15.2. The molecule has 0 aromatic heterocycles. The van der Waals surface area contributed by atoms with Crippen LogP contribution in [-0.4, -0.2) is 12.5 Å². The zero-order valence-corrected chi connectivity index (χ0v) is 12.5. The van der Waals surface area contributed by atoms with Crippen LogP contribution in [0.15, 0.2) is 28.7 Å². The molecule has 0 heterocycles. The summed E-state index contributed by atoms with van der Waals surface area (Å²) in [6, 6.07) is 8.10. The normalized spacial score (nSPS) is 14.0. The minimum absolute atomic E-state index is 0.0507. The van der Waals surface area contributed by atoms with E-state index >= 15 is 0 Å². The summed E-state index contributed by atoms with van der Waals surface area (Å²) in [5.41, 5.74) is 6.72. The van der Waals surface area contributed by atoms with Crippen molar-refractivity contribution in [3.63, 3.8) is 0 Å². The second-order valence-corrected chi connectivity index (χ2v) is 5.28. The molecule has 3 N–H and O–H groups in total. The highest BCUT2D eigenvalue weighted by atomic mass is 79.9. The SMILES string of the molecule is CCC(CN)C(=O)NC(CC)c1ccc(Br)cc1. The molecule has 0 bridgehead atoms. The molecule has 0 aliphatic heterocycles. The standard InChI is InChI=1S/C14H21BrN2O/c1-3-10(9-16)14(18)17-13(4-2)11-5-7-12(15)8-6-11/h5-8,10,13H,3-4,9,16H2,1-2H3,(H,17,18). The summed E-state index contributed by atoms with van der Waals surface area (Å²) >= 11 is 3.41. The molecule has 0 aliphatic rings. The van der Waals surface area contributed by atoms with E-state index in [1.165, 1.54) is 0 Å². The Morgan fingerprint density at radius 3 is 2.33 bits per heavy atom. The third-order valence-electron chi connectivity index (χ3n) is 3.15. The highest BCUT2D eigenvalue weighted by Crippen LogP contribution is 2.20. The molecule has 1 rings (SSSR count). The second-order valence-electron chi connectivity index (χ2n) is 4.36. The minimum Gasteiger partial charge on any atom is -0.349 e. The highest BCUT2D eigenvalue weighted by Gasteiger charge is 2.18. The Labute approximate surface area is 117 Å². The van der Waals surface area contributed by atoms with E-state index in [9.17, 15) is 4.79 Å². The van der Waals surface area contributed by atoms with Crippen LogP contribution in [0.25, 0.3) is 0 Å². The first-order valence-electron chi connectivity index (χ1n) is 6.38. The van der Waals surface area contributed by atoms with E-state index in [1.54, 1.807) is 0 Å². The van der Waals surface area contributed by atoms with Gasteiger partial charge in [-0.3, -0.25) is 4.79 Å². The Morgan fingerprint density at radius 1 is 1.28 bits per heavy atom. The Morgan fingerprint density at radius 2 is 1.89 bits per heavy atom. The van der Waals surface area contributed by atoms with Gasteiger partial charge in [0.1, 0.15) is 0 Å². The maximum Gasteiger partial charge on any atom is 0.224 e. The van der Waals surface area contributed by atoms with Crippen molar-refractivity contribution in [1.29, 1.82) is 0 Å². The number of rotatable bonds is 6. The molecular formula is C14H21BrN2O. The first-order chi connectivity index (χ1) is 8.62. The van der Waals surface area contributed by atoms with E-state index < -0.39 is 0 Å². The van der Waals surface area contributed by atoms with Gasteiger partial charge in [-0.2, -0.15) is 0 Å². The van der Waals surface area contributed by atoms with Crippen LogP contribution in [-0.2, 0) is 4.79 Å². The molecule has 100 valence electrons. The fourth-order valence-electron chi connectivity index (χ4n) is 1.86. The fourth-order valence-corrected chi connectivity index (χ4v) is 2.13. The van der Waals surface area contributed by atoms with Gasteiger partial charge in [0.25, 0.3) is 0 Å². The monoisotopic (exact) mass is 312 g/mol. The largest absolute Gasteiger partial charge is 0.349 e. The number of carbonyl (C=O) groups excluding carboxylic acids is 1. The van der Waals surface area contributed by atoms with Crippen molar-refractivity contribution in [1.82, 2.24) is 5.32 Å². The van der Waals surface area contributed by atoms with Gasteiger partial charge in [-0.1, -0.05) is 41.9 Å². The summed E-state index contributed by atoms with van der Waals surface area (Å²) in [7, 11) is 0. The average Bonchev–Trinajstić information content (AvgIpc) is 2.38. The van der Waals surface area contributed by atoms with Crippen molar-refractivity contribution in [3.8, 4) is 0 Å². The molecule has 0 aliphatic carbocycles. The highest BCUT2D eigenvalue weighted by molar-refractivity contribution is 9.10. The lowest BCUT2D eigenvalue weighted by molar-refractivity contribution is -0.125. The van der Waals surface area contributed by atoms with E-state index in [4.69, 9.17) is 5.73 Å². The third-order valence-corrected chi connectivity index (χ3v) is 3.67. The number of benzene rings is 1. The third kappa shape index (κ3) is 4.10. The number of hydrogen-bond donors (Lipinski definition) is 2. The van der Waals surface area contributed by atoms with Gasteiger partial charge in [0.15, 0.2) is 0 Å². The van der Waals surface area contributed by atoms with E-state index in [0.717, 1.165) is 22.9 Å². The summed E-state index contributed by atoms with van der Waals surface area (Å²) in [4.78, 5) is 12.0. The lowest BCUT2D eigenvalue weighted by atomic mass is 10.0. The molecule has 0 radical (unpaired) electrons. The van der Waals surface area contributed by atoms with Gasteiger partial charge in [-0.25, -0.2) is 0 Å². The van der Waals surface area contributed by atoms with Crippen LogP contribution in [0.2, 0.25) is 0 Å². The molecule has 4 heteroatoms. The van der Waals surface area contributed by atoms with Crippen molar-refractivity contribution in [2.24, 2.45) is 11.7 Å². The van der Waals surface area contributed by atoms with Gasteiger partial charge in [-0.15, -0.1) is 0 Å². The van der Waals surface area contributed by atoms with Gasteiger partial charge in [0, 0.05) is 16.9 Å². The van der Waals surface area contributed by atoms with Crippen LogP contribution in [0.4, 0.5) is 0 Å². The molecule has 18 heavy (non-hydrogen) atoms. The number of halogens is 1. The average molecular weight is 313 g/mol. The molecule has 0 fully saturated rings. The van der Waals surface area contributed by atoms with Crippen molar-refractivity contribution in [2.45, 2.75) is 32.7 Å². The molecule has 0 saturated heterocycles. The lowest BCUT2D eigenvalue weighted by Crippen LogP contribution is -2.36. The van der Waals surface area contributed by atoms with E-state index in [-0.39, 0.29) is 17.9 Å². The van der Waals surface area contributed by atoms with E-state index in [0.29, 0.717) is 6.54 Å². The molecule has 0 spiro atoms. The van der Waals surface area contributed by atoms with Crippen LogP contribution in [0, 0.1) is 5.92 Å². The number of carbonyl (C=O) groups is 1. The van der Waals surface area contributed by atoms with Gasteiger partial charge >= 0.3 is 0 Å². The van der Waals surface area contributed by atoms with E-state index in [2.05, 4.69) is 28.2 Å². The summed E-state index contributed by atoms with van der Waals surface area (Å²) in [5, 5.41) is 3.07. The Bertz CT molecular complexity index is 374. The van der Waals surface area contributed by atoms with Gasteiger partial charge in [0.05, 0.1) is 6.04 Å². The van der Waals surface area contributed by atoms with Crippen LogP contribution in [0.1, 0.15) is 38.3 Å². The Kier molecular flexibility index (Phi) is 6.36.